The summed E-state index contributed by atoms with van der Waals surface area (Å²) >= 11 is 0. The average Bonchev–Trinajstić information content (AvgIpc) is 3.17. The number of hydrogen-bond donors (Lipinski definition) is 0. The highest BCUT2D eigenvalue weighted by atomic mass is 32.2. The summed E-state index contributed by atoms with van der Waals surface area (Å²) in [5.74, 6) is -0.0781. The molecule has 4 atom stereocenters. The Hall–Kier alpha value is -2.01. The molecule has 1 saturated heterocycles. The lowest BCUT2D eigenvalue weighted by Gasteiger charge is -2.30. The first-order valence-corrected chi connectivity index (χ1v) is 9.36. The maximum atomic E-state index is 13.2. The molecular weight excluding hydrogens is 353 g/mol. The Morgan fingerprint density at radius 2 is 2.04 bits per heavy atom. The number of alkyl halides is 3. The van der Waals surface area contributed by atoms with Gasteiger partial charge in [0.2, 0.25) is 10.0 Å². The zero-order valence-corrected chi connectivity index (χ0v) is 14.1. The van der Waals surface area contributed by atoms with Crippen molar-refractivity contribution in [1.82, 2.24) is 0 Å². The summed E-state index contributed by atoms with van der Waals surface area (Å²) in [6.45, 7) is 1.88. The van der Waals surface area contributed by atoms with E-state index < -0.39 is 32.1 Å². The summed E-state index contributed by atoms with van der Waals surface area (Å²) in [5.41, 5.74) is -1.65. The van der Waals surface area contributed by atoms with Crippen LogP contribution >= 0.6 is 0 Å². The molecule has 3 aliphatic rings. The molecule has 132 valence electrons. The highest BCUT2D eigenvalue weighted by Gasteiger charge is 2.66. The summed E-state index contributed by atoms with van der Waals surface area (Å²) < 4.78 is 66.0. The van der Waals surface area contributed by atoms with Gasteiger partial charge in [0.05, 0.1) is 27.6 Å². The second-order valence-corrected chi connectivity index (χ2v) is 9.33. The molecule has 2 bridgehead atoms. The van der Waals surface area contributed by atoms with Gasteiger partial charge in [-0.1, -0.05) is 12.2 Å². The molecule has 1 saturated carbocycles. The number of allylic oxidation sites excluding steroid dienone is 2. The monoisotopic (exact) mass is 368 g/mol. The van der Waals surface area contributed by atoms with Crippen LogP contribution in [0.2, 0.25) is 0 Å². The van der Waals surface area contributed by atoms with Crippen molar-refractivity contribution in [3.05, 3.63) is 41.5 Å². The fourth-order valence-corrected chi connectivity index (χ4v) is 7.04. The van der Waals surface area contributed by atoms with Crippen molar-refractivity contribution >= 4 is 15.7 Å². The molecule has 0 spiro atoms. The first-order chi connectivity index (χ1) is 11.6. The van der Waals surface area contributed by atoms with E-state index in [1.54, 1.807) is 6.92 Å². The highest BCUT2D eigenvalue weighted by Crippen LogP contribution is 2.59. The zero-order valence-electron chi connectivity index (χ0n) is 13.3. The number of rotatable bonds is 1. The third kappa shape index (κ3) is 1.96. The van der Waals surface area contributed by atoms with Gasteiger partial charge in [-0.05, 0) is 43.4 Å². The SMILES string of the molecule is C[C@@]12[C@H]3C=C[C@@H](C3)[C@@H]1CN(c1ccc(C#N)c(C(F)(F)F)c1)S2(=O)=O. The van der Waals surface area contributed by atoms with Crippen LogP contribution in [-0.4, -0.2) is 19.7 Å². The highest BCUT2D eigenvalue weighted by molar-refractivity contribution is 7.94. The van der Waals surface area contributed by atoms with Crippen molar-refractivity contribution in [2.45, 2.75) is 24.3 Å². The smallest absolute Gasteiger partial charge is 0.269 e. The van der Waals surface area contributed by atoms with E-state index in [0.717, 1.165) is 22.9 Å². The Morgan fingerprint density at radius 1 is 1.32 bits per heavy atom. The molecule has 0 amide bonds. The normalized spacial score (nSPS) is 35.0. The molecule has 8 heteroatoms. The molecule has 4 rings (SSSR count). The molecule has 0 aromatic heterocycles. The van der Waals surface area contributed by atoms with Crippen molar-refractivity contribution in [2.24, 2.45) is 17.8 Å². The minimum Gasteiger partial charge on any atom is -0.269 e. The van der Waals surface area contributed by atoms with E-state index in [1.165, 1.54) is 12.1 Å². The van der Waals surface area contributed by atoms with Crippen molar-refractivity contribution in [1.29, 1.82) is 5.26 Å². The largest absolute Gasteiger partial charge is 0.417 e. The van der Waals surface area contributed by atoms with E-state index in [2.05, 4.69) is 0 Å². The second-order valence-electron chi connectivity index (χ2n) is 7.06. The van der Waals surface area contributed by atoms with Crippen LogP contribution in [0.1, 0.15) is 24.5 Å². The van der Waals surface area contributed by atoms with E-state index >= 15 is 0 Å². The minimum absolute atomic E-state index is 0.0265. The summed E-state index contributed by atoms with van der Waals surface area (Å²) in [6, 6.07) is 4.61. The predicted octanol–water partition coefficient (Wildman–Crippen LogP) is 3.31. The summed E-state index contributed by atoms with van der Waals surface area (Å²) in [5, 5.41) is 8.90. The number of hydrogen-bond acceptors (Lipinski definition) is 3. The molecular formula is C17H15F3N2O2S. The summed E-state index contributed by atoms with van der Waals surface area (Å²) in [6.07, 6.45) is 0.0124. The minimum atomic E-state index is -4.72. The Labute approximate surface area is 143 Å². The van der Waals surface area contributed by atoms with Crippen LogP contribution in [0.5, 0.6) is 0 Å². The molecule has 1 heterocycles. The predicted molar refractivity (Wildman–Crippen MR) is 85.1 cm³/mol. The van der Waals surface area contributed by atoms with E-state index in [9.17, 15) is 21.6 Å². The number of anilines is 1. The molecule has 1 aromatic carbocycles. The molecule has 2 aliphatic carbocycles. The topological polar surface area (TPSA) is 61.2 Å². The van der Waals surface area contributed by atoms with E-state index in [0.29, 0.717) is 0 Å². The molecule has 1 aromatic rings. The number of nitriles is 1. The van der Waals surface area contributed by atoms with Crippen LogP contribution in [0.3, 0.4) is 0 Å². The van der Waals surface area contributed by atoms with Gasteiger partial charge in [0.1, 0.15) is 0 Å². The lowest BCUT2D eigenvalue weighted by Crippen LogP contribution is -2.43. The van der Waals surface area contributed by atoms with Crippen molar-refractivity contribution in [2.75, 3.05) is 10.8 Å². The van der Waals surface area contributed by atoms with Crippen LogP contribution in [0, 0.1) is 29.1 Å². The van der Waals surface area contributed by atoms with Crippen molar-refractivity contribution in [3.8, 4) is 6.07 Å². The van der Waals surface area contributed by atoms with Crippen LogP contribution in [0.4, 0.5) is 18.9 Å². The maximum Gasteiger partial charge on any atom is 0.417 e. The average molecular weight is 368 g/mol. The fourth-order valence-electron chi connectivity index (χ4n) is 4.63. The van der Waals surface area contributed by atoms with Crippen molar-refractivity contribution in [3.63, 3.8) is 0 Å². The molecule has 0 unspecified atom stereocenters. The van der Waals surface area contributed by atoms with Gasteiger partial charge in [-0.15, -0.1) is 0 Å². The van der Waals surface area contributed by atoms with Crippen LogP contribution in [0.25, 0.3) is 0 Å². The van der Waals surface area contributed by atoms with Gasteiger partial charge in [-0.2, -0.15) is 18.4 Å². The van der Waals surface area contributed by atoms with Gasteiger partial charge < -0.3 is 0 Å². The van der Waals surface area contributed by atoms with E-state index in [4.69, 9.17) is 5.26 Å². The van der Waals surface area contributed by atoms with Crippen LogP contribution < -0.4 is 4.31 Å². The number of sulfonamides is 1. The van der Waals surface area contributed by atoms with E-state index in [-0.39, 0.29) is 30.0 Å². The number of benzene rings is 1. The summed E-state index contributed by atoms with van der Waals surface area (Å²) in [7, 11) is -3.80. The molecule has 2 fully saturated rings. The lowest BCUT2D eigenvalue weighted by atomic mass is 9.83. The number of fused-ring (bicyclic) bond motifs is 5. The van der Waals surface area contributed by atoms with Crippen LogP contribution in [-0.2, 0) is 16.2 Å². The first-order valence-electron chi connectivity index (χ1n) is 7.92. The standard InChI is InChI=1S/C17H15F3N2O2S/c1-16-12-4-2-10(6-12)15(16)9-22(25(16,23)24)13-5-3-11(8-21)14(7-13)17(18,19)20/h2-5,7,10,12,15H,6,9H2,1H3/t10-,12-,15-,16+/m0/s1. The van der Waals surface area contributed by atoms with Gasteiger partial charge in [0.25, 0.3) is 0 Å². The van der Waals surface area contributed by atoms with Gasteiger partial charge in [0, 0.05) is 12.5 Å². The quantitative estimate of drug-likeness (QED) is 0.715. The Balaban J connectivity index is 1.82. The summed E-state index contributed by atoms with van der Waals surface area (Å²) in [4.78, 5) is 0. The van der Waals surface area contributed by atoms with Gasteiger partial charge in [-0.3, -0.25) is 4.31 Å². The Kier molecular flexibility index (Phi) is 3.15. The third-order valence-corrected chi connectivity index (χ3v) is 8.69. The van der Waals surface area contributed by atoms with Crippen LogP contribution in [0.15, 0.2) is 30.4 Å². The zero-order chi connectivity index (χ0) is 18.2. The first kappa shape index (κ1) is 16.5. The van der Waals surface area contributed by atoms with Gasteiger partial charge >= 0.3 is 6.18 Å². The lowest BCUT2D eigenvalue weighted by molar-refractivity contribution is -0.137. The molecule has 4 nitrogen and oxygen atoms in total. The van der Waals surface area contributed by atoms with Gasteiger partial charge in [0.15, 0.2) is 0 Å². The molecule has 0 N–H and O–H groups in total. The second kappa shape index (κ2) is 4.79. The van der Waals surface area contributed by atoms with Crippen molar-refractivity contribution < 1.29 is 21.6 Å². The molecule has 0 radical (unpaired) electrons. The molecule has 1 aliphatic heterocycles. The third-order valence-electron chi connectivity index (χ3n) is 6.03. The Bertz CT molecular complexity index is 932. The fraction of sp³-hybridized carbons (Fsp3) is 0.471. The maximum absolute atomic E-state index is 13.2. The Morgan fingerprint density at radius 3 is 2.64 bits per heavy atom. The number of nitrogens with zero attached hydrogens (tertiary/aromatic N) is 2. The molecule has 25 heavy (non-hydrogen) atoms. The van der Waals surface area contributed by atoms with Gasteiger partial charge in [-0.25, -0.2) is 8.42 Å². The van der Waals surface area contributed by atoms with E-state index in [1.807, 2.05) is 12.2 Å². The number of halogens is 3.